The van der Waals surface area contributed by atoms with Gasteiger partial charge in [-0.1, -0.05) is 13.8 Å². The lowest BCUT2D eigenvalue weighted by atomic mass is 9.97. The number of carbonyl (C=O) groups is 3. The predicted octanol–water partition coefficient (Wildman–Crippen LogP) is 1.36. The minimum absolute atomic E-state index is 0.00116. The first-order chi connectivity index (χ1) is 17.6. The summed E-state index contributed by atoms with van der Waals surface area (Å²) in [5.74, 6) is -1.44. The van der Waals surface area contributed by atoms with E-state index in [1.54, 1.807) is 26.0 Å². The molecule has 1 aromatic carbocycles. The maximum absolute atomic E-state index is 13.6. The van der Waals surface area contributed by atoms with Gasteiger partial charge < -0.3 is 20.1 Å². The SMILES string of the molecule is COC(=O)C(NC(=O)C1CC(NC(=O)c2ccncc2)CCN1S(=O)(=O)c1ccc(OC)cc1)C(C)C. The van der Waals surface area contributed by atoms with Gasteiger partial charge >= 0.3 is 5.97 Å². The van der Waals surface area contributed by atoms with Crippen molar-refractivity contribution in [3.63, 3.8) is 0 Å². The van der Waals surface area contributed by atoms with Gasteiger partial charge in [0.1, 0.15) is 17.8 Å². The smallest absolute Gasteiger partial charge is 0.328 e. The van der Waals surface area contributed by atoms with Gasteiger partial charge in [0, 0.05) is 30.5 Å². The summed E-state index contributed by atoms with van der Waals surface area (Å²) < 4.78 is 38.2. The van der Waals surface area contributed by atoms with Crippen molar-refractivity contribution in [2.24, 2.45) is 5.92 Å². The molecule has 12 heteroatoms. The summed E-state index contributed by atoms with van der Waals surface area (Å²) in [4.78, 5) is 42.3. The van der Waals surface area contributed by atoms with E-state index >= 15 is 0 Å². The Morgan fingerprint density at radius 2 is 1.70 bits per heavy atom. The molecule has 1 aliphatic rings. The molecule has 2 heterocycles. The van der Waals surface area contributed by atoms with Gasteiger partial charge in [0.25, 0.3) is 5.91 Å². The number of hydrogen-bond donors (Lipinski definition) is 2. The lowest BCUT2D eigenvalue weighted by molar-refractivity contribution is -0.147. The van der Waals surface area contributed by atoms with Gasteiger partial charge in [-0.3, -0.25) is 14.6 Å². The fourth-order valence-corrected chi connectivity index (χ4v) is 5.74. The van der Waals surface area contributed by atoms with E-state index in [9.17, 15) is 22.8 Å². The number of benzene rings is 1. The Kier molecular flexibility index (Phi) is 9.22. The molecule has 0 saturated carbocycles. The number of pyridine rings is 1. The first kappa shape index (κ1) is 28.1. The standard InChI is InChI=1S/C25H32N4O7S/c1-16(2)22(25(32)36-4)28-24(31)21-15-18(27-23(30)17-9-12-26-13-10-17)11-14-29(21)37(33,34)20-7-5-19(35-3)6-8-20/h5-10,12-13,16,18,21-22H,11,14-15H2,1-4H3,(H,27,30)(H,28,31). The third kappa shape index (κ3) is 6.63. The number of nitrogens with zero attached hydrogens (tertiary/aromatic N) is 2. The topological polar surface area (TPSA) is 144 Å². The van der Waals surface area contributed by atoms with Crippen LogP contribution in [0.2, 0.25) is 0 Å². The van der Waals surface area contributed by atoms with Crippen molar-refractivity contribution < 1.29 is 32.3 Å². The number of piperidine rings is 1. The number of amides is 2. The maximum atomic E-state index is 13.6. The molecule has 1 fully saturated rings. The van der Waals surface area contributed by atoms with Gasteiger partial charge in [-0.15, -0.1) is 0 Å². The lowest BCUT2D eigenvalue weighted by Gasteiger charge is -2.38. The number of carbonyl (C=O) groups excluding carboxylic acids is 3. The van der Waals surface area contributed by atoms with Crippen molar-refractivity contribution in [3.05, 3.63) is 54.4 Å². The van der Waals surface area contributed by atoms with Gasteiger partial charge in [0.15, 0.2) is 0 Å². The summed E-state index contributed by atoms with van der Waals surface area (Å²) in [6.45, 7) is 3.47. The Balaban J connectivity index is 1.89. The molecule has 0 aliphatic carbocycles. The minimum atomic E-state index is -4.09. The maximum Gasteiger partial charge on any atom is 0.328 e. The van der Waals surface area contributed by atoms with Crippen LogP contribution in [0.25, 0.3) is 0 Å². The molecule has 3 atom stereocenters. The van der Waals surface area contributed by atoms with E-state index in [2.05, 4.69) is 15.6 Å². The molecular weight excluding hydrogens is 500 g/mol. The highest BCUT2D eigenvalue weighted by atomic mass is 32.2. The second kappa shape index (κ2) is 12.2. The Morgan fingerprint density at radius 3 is 2.27 bits per heavy atom. The van der Waals surface area contributed by atoms with Crippen molar-refractivity contribution in [2.75, 3.05) is 20.8 Å². The Morgan fingerprint density at radius 1 is 1.05 bits per heavy atom. The largest absolute Gasteiger partial charge is 0.497 e. The highest BCUT2D eigenvalue weighted by Gasteiger charge is 2.42. The van der Waals surface area contributed by atoms with Crippen LogP contribution in [0.4, 0.5) is 0 Å². The van der Waals surface area contributed by atoms with Crippen LogP contribution in [-0.4, -0.2) is 74.4 Å². The van der Waals surface area contributed by atoms with Crippen molar-refractivity contribution in [2.45, 2.75) is 49.7 Å². The zero-order valence-electron chi connectivity index (χ0n) is 21.2. The van der Waals surface area contributed by atoms with Crippen molar-refractivity contribution in [1.82, 2.24) is 19.9 Å². The molecule has 0 radical (unpaired) electrons. The number of sulfonamides is 1. The van der Waals surface area contributed by atoms with Crippen molar-refractivity contribution in [1.29, 1.82) is 0 Å². The monoisotopic (exact) mass is 532 g/mol. The van der Waals surface area contributed by atoms with Crippen molar-refractivity contribution >= 4 is 27.8 Å². The second-order valence-corrected chi connectivity index (χ2v) is 10.9. The third-order valence-corrected chi connectivity index (χ3v) is 8.14. The summed E-state index contributed by atoms with van der Waals surface area (Å²) in [5.41, 5.74) is 0.398. The zero-order valence-corrected chi connectivity index (χ0v) is 22.0. The van der Waals surface area contributed by atoms with Gasteiger partial charge in [0.2, 0.25) is 15.9 Å². The molecule has 2 amide bonds. The fourth-order valence-electron chi connectivity index (χ4n) is 4.13. The number of methoxy groups -OCH3 is 2. The van der Waals surface area contributed by atoms with Crippen LogP contribution in [0.5, 0.6) is 5.75 Å². The number of hydrogen-bond acceptors (Lipinski definition) is 8. The average molecular weight is 533 g/mol. The molecule has 1 aliphatic heterocycles. The summed E-state index contributed by atoms with van der Waals surface area (Å²) in [5, 5.41) is 5.53. The average Bonchev–Trinajstić information content (AvgIpc) is 2.91. The number of rotatable bonds is 9. The third-order valence-electron chi connectivity index (χ3n) is 6.22. The van der Waals surface area contributed by atoms with Crippen LogP contribution >= 0.6 is 0 Å². The van der Waals surface area contributed by atoms with E-state index in [0.717, 1.165) is 4.31 Å². The summed E-state index contributed by atoms with van der Waals surface area (Å²) in [6.07, 6.45) is 3.30. The Bertz CT molecular complexity index is 1200. The van der Waals surface area contributed by atoms with Crippen LogP contribution in [0, 0.1) is 5.92 Å². The quantitative estimate of drug-likeness (QED) is 0.461. The van der Waals surface area contributed by atoms with Crippen LogP contribution < -0.4 is 15.4 Å². The number of aromatic nitrogens is 1. The highest BCUT2D eigenvalue weighted by Crippen LogP contribution is 2.27. The van der Waals surface area contributed by atoms with E-state index in [-0.39, 0.29) is 29.7 Å². The molecule has 3 rings (SSSR count). The molecule has 200 valence electrons. The molecule has 3 unspecified atom stereocenters. The minimum Gasteiger partial charge on any atom is -0.497 e. The molecule has 2 N–H and O–H groups in total. The lowest BCUT2D eigenvalue weighted by Crippen LogP contribution is -2.59. The molecule has 2 aromatic rings. The predicted molar refractivity (Wildman–Crippen MR) is 134 cm³/mol. The van der Waals surface area contributed by atoms with Crippen molar-refractivity contribution in [3.8, 4) is 5.75 Å². The highest BCUT2D eigenvalue weighted by molar-refractivity contribution is 7.89. The van der Waals surface area contributed by atoms with Crippen LogP contribution in [0.3, 0.4) is 0 Å². The molecule has 1 saturated heterocycles. The Labute approximate surface area is 216 Å². The zero-order chi connectivity index (χ0) is 27.2. The fraction of sp³-hybridized carbons (Fsp3) is 0.440. The summed E-state index contributed by atoms with van der Waals surface area (Å²) in [6, 6.07) is 6.38. The molecule has 37 heavy (non-hydrogen) atoms. The number of nitrogens with one attached hydrogen (secondary N) is 2. The van der Waals surface area contributed by atoms with Crippen LogP contribution in [0.1, 0.15) is 37.0 Å². The molecule has 11 nitrogen and oxygen atoms in total. The van der Waals surface area contributed by atoms with E-state index in [1.807, 2.05) is 0 Å². The van der Waals surface area contributed by atoms with E-state index in [4.69, 9.17) is 9.47 Å². The summed E-state index contributed by atoms with van der Waals surface area (Å²) in [7, 11) is -1.40. The molecule has 1 aromatic heterocycles. The van der Waals surface area contributed by atoms with Gasteiger partial charge in [0.05, 0.1) is 19.1 Å². The first-order valence-corrected chi connectivity index (χ1v) is 13.3. The van der Waals surface area contributed by atoms with Gasteiger partial charge in [-0.05, 0) is 55.2 Å². The normalized spacial score (nSPS) is 19.1. The second-order valence-electron chi connectivity index (χ2n) is 8.99. The number of esters is 1. The molecule has 0 spiro atoms. The van der Waals surface area contributed by atoms with Crippen LogP contribution in [-0.2, 0) is 24.3 Å². The summed E-state index contributed by atoms with van der Waals surface area (Å²) >= 11 is 0. The first-order valence-electron chi connectivity index (χ1n) is 11.8. The van der Waals surface area contributed by atoms with E-state index in [1.165, 1.54) is 50.9 Å². The Hall–Kier alpha value is -3.51. The van der Waals surface area contributed by atoms with Gasteiger partial charge in [-0.25, -0.2) is 13.2 Å². The van der Waals surface area contributed by atoms with E-state index < -0.39 is 40.0 Å². The molecule has 0 bridgehead atoms. The van der Waals surface area contributed by atoms with E-state index in [0.29, 0.717) is 17.7 Å². The van der Waals surface area contributed by atoms with Gasteiger partial charge in [-0.2, -0.15) is 4.31 Å². The van der Waals surface area contributed by atoms with Crippen LogP contribution in [0.15, 0.2) is 53.7 Å². The molecular formula is C25H32N4O7S. The number of ether oxygens (including phenoxy) is 2.